The molecule has 0 spiro atoms. The standard InChI is InChI=1S/C12H9BrO3/c1-7-2-3-8(12(14)15)9(6-7)11-10(13)4-5-16-11/h2-6H,1H3,(H,14,15). The second kappa shape index (κ2) is 4.14. The van der Waals surface area contributed by atoms with Gasteiger partial charge in [0.25, 0.3) is 0 Å². The summed E-state index contributed by atoms with van der Waals surface area (Å²) < 4.78 is 6.04. The third kappa shape index (κ3) is 1.88. The van der Waals surface area contributed by atoms with Gasteiger partial charge in [-0.1, -0.05) is 11.6 Å². The molecule has 0 amide bonds. The van der Waals surface area contributed by atoms with Gasteiger partial charge >= 0.3 is 5.97 Å². The Kier molecular flexibility index (Phi) is 2.83. The topological polar surface area (TPSA) is 50.4 Å². The summed E-state index contributed by atoms with van der Waals surface area (Å²) >= 11 is 3.32. The summed E-state index contributed by atoms with van der Waals surface area (Å²) in [6.45, 7) is 1.91. The van der Waals surface area contributed by atoms with Crippen molar-refractivity contribution < 1.29 is 14.3 Å². The molecule has 0 fully saturated rings. The van der Waals surface area contributed by atoms with Crippen molar-refractivity contribution in [2.75, 3.05) is 0 Å². The highest BCUT2D eigenvalue weighted by Gasteiger charge is 2.16. The first-order valence-corrected chi connectivity index (χ1v) is 5.46. The van der Waals surface area contributed by atoms with E-state index < -0.39 is 5.97 Å². The maximum atomic E-state index is 11.1. The SMILES string of the molecule is Cc1ccc(C(=O)O)c(-c2occc2Br)c1. The van der Waals surface area contributed by atoms with Crippen LogP contribution in [0.3, 0.4) is 0 Å². The molecule has 1 N–H and O–H groups in total. The van der Waals surface area contributed by atoms with Crippen molar-refractivity contribution in [3.05, 3.63) is 46.1 Å². The summed E-state index contributed by atoms with van der Waals surface area (Å²) in [6.07, 6.45) is 1.52. The lowest BCUT2D eigenvalue weighted by atomic mass is 10.0. The second-order valence-electron chi connectivity index (χ2n) is 3.45. The van der Waals surface area contributed by atoms with Crippen LogP contribution in [0.15, 0.2) is 39.4 Å². The zero-order valence-electron chi connectivity index (χ0n) is 8.53. The third-order valence-corrected chi connectivity index (χ3v) is 2.89. The highest BCUT2D eigenvalue weighted by atomic mass is 79.9. The molecule has 0 aliphatic heterocycles. The van der Waals surface area contributed by atoms with E-state index in [0.29, 0.717) is 11.3 Å². The summed E-state index contributed by atoms with van der Waals surface area (Å²) in [5.41, 5.74) is 1.81. The maximum absolute atomic E-state index is 11.1. The van der Waals surface area contributed by atoms with Crippen molar-refractivity contribution in [3.8, 4) is 11.3 Å². The van der Waals surface area contributed by atoms with E-state index >= 15 is 0 Å². The molecule has 0 atom stereocenters. The van der Waals surface area contributed by atoms with Crippen LogP contribution in [0.2, 0.25) is 0 Å². The number of hydrogen-bond donors (Lipinski definition) is 1. The molecule has 2 aromatic rings. The van der Waals surface area contributed by atoms with Gasteiger partial charge in [0, 0.05) is 5.56 Å². The smallest absolute Gasteiger partial charge is 0.336 e. The lowest BCUT2D eigenvalue weighted by molar-refractivity contribution is 0.0697. The molecule has 1 aromatic heterocycles. The quantitative estimate of drug-likeness (QED) is 0.912. The summed E-state index contributed by atoms with van der Waals surface area (Å²) in [4.78, 5) is 11.1. The normalized spacial score (nSPS) is 10.4. The van der Waals surface area contributed by atoms with Crippen LogP contribution in [0.25, 0.3) is 11.3 Å². The molecule has 0 aliphatic rings. The highest BCUT2D eigenvalue weighted by Crippen LogP contribution is 2.32. The summed E-state index contributed by atoms with van der Waals surface area (Å²) in [7, 11) is 0. The van der Waals surface area contributed by atoms with Crippen LogP contribution in [0.1, 0.15) is 15.9 Å². The van der Waals surface area contributed by atoms with E-state index in [1.165, 1.54) is 6.26 Å². The predicted octanol–water partition coefficient (Wildman–Crippen LogP) is 3.72. The number of aryl methyl sites for hydroxylation is 1. The molecule has 0 bridgehead atoms. The lowest BCUT2D eigenvalue weighted by Crippen LogP contribution is -1.99. The lowest BCUT2D eigenvalue weighted by Gasteiger charge is -2.05. The molecule has 0 saturated heterocycles. The molecule has 1 heterocycles. The first-order valence-electron chi connectivity index (χ1n) is 4.67. The number of benzene rings is 1. The predicted molar refractivity (Wildman–Crippen MR) is 63.5 cm³/mol. The van der Waals surface area contributed by atoms with Crippen LogP contribution in [0.5, 0.6) is 0 Å². The fourth-order valence-electron chi connectivity index (χ4n) is 1.52. The van der Waals surface area contributed by atoms with Crippen molar-refractivity contribution in [1.29, 1.82) is 0 Å². The van der Waals surface area contributed by atoms with E-state index in [-0.39, 0.29) is 5.56 Å². The molecule has 16 heavy (non-hydrogen) atoms. The number of halogens is 1. The van der Waals surface area contributed by atoms with E-state index in [1.54, 1.807) is 24.3 Å². The first-order chi connectivity index (χ1) is 7.59. The van der Waals surface area contributed by atoms with Gasteiger partial charge in [0.15, 0.2) is 0 Å². The van der Waals surface area contributed by atoms with Crippen molar-refractivity contribution in [2.45, 2.75) is 6.92 Å². The summed E-state index contributed by atoms with van der Waals surface area (Å²) in [5.74, 6) is -0.417. The number of aromatic carboxylic acids is 1. The average molecular weight is 281 g/mol. The van der Waals surface area contributed by atoms with Gasteiger partial charge in [-0.05, 0) is 41.1 Å². The van der Waals surface area contributed by atoms with E-state index in [2.05, 4.69) is 15.9 Å². The Bertz CT molecular complexity index is 543. The van der Waals surface area contributed by atoms with Gasteiger partial charge in [-0.15, -0.1) is 0 Å². The summed E-state index contributed by atoms with van der Waals surface area (Å²) in [6, 6.07) is 6.89. The molecule has 0 unspecified atom stereocenters. The minimum Gasteiger partial charge on any atom is -0.478 e. The Labute approximate surface area is 101 Å². The molecular formula is C12H9BrO3. The molecule has 0 aliphatic carbocycles. The third-order valence-electron chi connectivity index (χ3n) is 2.27. The van der Waals surface area contributed by atoms with Crippen molar-refractivity contribution >= 4 is 21.9 Å². The van der Waals surface area contributed by atoms with Gasteiger partial charge in [0.2, 0.25) is 0 Å². The number of carboxylic acid groups (broad SMARTS) is 1. The fraction of sp³-hybridized carbons (Fsp3) is 0.0833. The number of furan rings is 1. The number of hydrogen-bond acceptors (Lipinski definition) is 2. The Hall–Kier alpha value is -1.55. The number of carbonyl (C=O) groups is 1. The Balaban J connectivity index is 2.67. The van der Waals surface area contributed by atoms with Crippen LogP contribution in [0.4, 0.5) is 0 Å². The average Bonchev–Trinajstić information content (AvgIpc) is 2.63. The molecule has 3 nitrogen and oxygen atoms in total. The molecule has 4 heteroatoms. The Morgan fingerprint density at radius 2 is 2.12 bits per heavy atom. The molecule has 0 radical (unpaired) electrons. The molecule has 82 valence electrons. The Morgan fingerprint density at radius 3 is 2.69 bits per heavy atom. The van der Waals surface area contributed by atoms with E-state index in [0.717, 1.165) is 10.0 Å². The van der Waals surface area contributed by atoms with Gasteiger partial charge in [-0.25, -0.2) is 4.79 Å². The van der Waals surface area contributed by atoms with Crippen molar-refractivity contribution in [2.24, 2.45) is 0 Å². The number of carboxylic acids is 1. The van der Waals surface area contributed by atoms with E-state index in [4.69, 9.17) is 9.52 Å². The monoisotopic (exact) mass is 280 g/mol. The minimum absolute atomic E-state index is 0.237. The van der Waals surface area contributed by atoms with Gasteiger partial charge in [0.1, 0.15) is 5.76 Å². The van der Waals surface area contributed by atoms with Crippen molar-refractivity contribution in [1.82, 2.24) is 0 Å². The minimum atomic E-state index is -0.960. The fourth-order valence-corrected chi connectivity index (χ4v) is 1.93. The van der Waals surface area contributed by atoms with Crippen LogP contribution in [0, 0.1) is 6.92 Å². The van der Waals surface area contributed by atoms with Gasteiger partial charge < -0.3 is 9.52 Å². The zero-order chi connectivity index (χ0) is 11.7. The largest absolute Gasteiger partial charge is 0.478 e. The Morgan fingerprint density at radius 1 is 1.38 bits per heavy atom. The molecule has 1 aromatic carbocycles. The second-order valence-corrected chi connectivity index (χ2v) is 4.31. The van der Waals surface area contributed by atoms with Crippen LogP contribution in [-0.4, -0.2) is 11.1 Å². The first kappa shape index (κ1) is 11.0. The molecular weight excluding hydrogens is 272 g/mol. The highest BCUT2D eigenvalue weighted by molar-refractivity contribution is 9.10. The van der Waals surface area contributed by atoms with Gasteiger partial charge in [-0.2, -0.15) is 0 Å². The molecule has 2 rings (SSSR count). The van der Waals surface area contributed by atoms with Crippen LogP contribution >= 0.6 is 15.9 Å². The number of rotatable bonds is 2. The zero-order valence-corrected chi connectivity index (χ0v) is 10.1. The molecule has 0 saturated carbocycles. The van der Waals surface area contributed by atoms with Gasteiger partial charge in [0.05, 0.1) is 16.3 Å². The van der Waals surface area contributed by atoms with E-state index in [1.807, 2.05) is 6.92 Å². The van der Waals surface area contributed by atoms with E-state index in [9.17, 15) is 4.79 Å². The van der Waals surface area contributed by atoms with Crippen molar-refractivity contribution in [3.63, 3.8) is 0 Å². The van der Waals surface area contributed by atoms with Crippen LogP contribution in [-0.2, 0) is 0 Å². The summed E-state index contributed by atoms with van der Waals surface area (Å²) in [5, 5.41) is 9.09. The van der Waals surface area contributed by atoms with Gasteiger partial charge in [-0.3, -0.25) is 0 Å². The maximum Gasteiger partial charge on any atom is 0.336 e. The van der Waals surface area contributed by atoms with Crippen LogP contribution < -0.4 is 0 Å².